The molecule has 53 heavy (non-hydrogen) atoms. The van der Waals surface area contributed by atoms with E-state index in [2.05, 4.69) is 43.5 Å². The fourth-order valence-electron chi connectivity index (χ4n) is 5.16. The molecule has 8 nitrogen and oxygen atoms in total. The van der Waals surface area contributed by atoms with E-state index in [9.17, 15) is 19.2 Å². The lowest BCUT2D eigenvalue weighted by Crippen LogP contribution is -2.49. The number of hydrogen-bond acceptors (Lipinski definition) is 5. The van der Waals surface area contributed by atoms with Gasteiger partial charge >= 0.3 is 11.9 Å². The minimum absolute atomic E-state index is 0.171. The van der Waals surface area contributed by atoms with Gasteiger partial charge < -0.3 is 21.3 Å². The molecule has 5 N–H and O–H groups in total. The summed E-state index contributed by atoms with van der Waals surface area (Å²) in [4.78, 5) is 43.1. The molecule has 312 valence electrons. The first-order valence-corrected chi connectivity index (χ1v) is 21.5. The average Bonchev–Trinajstić information content (AvgIpc) is 3.08. The molecule has 0 fully saturated rings. The van der Waals surface area contributed by atoms with Crippen LogP contribution in [0.25, 0.3) is 0 Å². The third kappa shape index (κ3) is 47.8. The van der Waals surface area contributed by atoms with E-state index in [1.54, 1.807) is 0 Å². The highest BCUT2D eigenvalue weighted by Gasteiger charge is 2.28. The Morgan fingerprint density at radius 2 is 0.792 bits per heavy atom. The molecule has 0 aliphatic rings. The third-order valence-corrected chi connectivity index (χ3v) is 9.03. The molecule has 0 unspecified atom stereocenters. The summed E-state index contributed by atoms with van der Waals surface area (Å²) in [6.07, 6.45) is 42.9. The SMILES string of the molecule is CC(C)(N)C(=O)O.CCCCCCCC/C=C\CCCCCCCC(=O)Cl.CCCCCCCC/C=C\CCCCCCCC(=O)NC(C)(C)C(=O)O. The van der Waals surface area contributed by atoms with Crippen LogP contribution in [-0.2, 0) is 19.2 Å². The highest BCUT2D eigenvalue weighted by molar-refractivity contribution is 6.63. The number of carboxylic acid groups (broad SMARTS) is 2. The number of rotatable bonds is 33. The fourth-order valence-corrected chi connectivity index (χ4v) is 5.29. The molecule has 0 aromatic carbocycles. The van der Waals surface area contributed by atoms with E-state index in [-0.39, 0.29) is 11.1 Å². The van der Waals surface area contributed by atoms with Crippen LogP contribution in [0, 0.1) is 0 Å². The van der Waals surface area contributed by atoms with Crippen LogP contribution in [-0.4, -0.2) is 44.4 Å². The number of hydrogen-bond donors (Lipinski definition) is 4. The van der Waals surface area contributed by atoms with Gasteiger partial charge in [-0.15, -0.1) is 0 Å². The molecule has 0 aliphatic heterocycles. The van der Waals surface area contributed by atoms with Crippen molar-refractivity contribution in [2.75, 3.05) is 0 Å². The molecule has 0 heterocycles. The molecule has 9 heteroatoms. The van der Waals surface area contributed by atoms with Gasteiger partial charge in [0.25, 0.3) is 0 Å². The van der Waals surface area contributed by atoms with Crippen molar-refractivity contribution < 1.29 is 29.4 Å². The minimum Gasteiger partial charge on any atom is -0.480 e. The Labute approximate surface area is 330 Å². The summed E-state index contributed by atoms with van der Waals surface area (Å²) < 4.78 is 0. The monoisotopic (exact) mass is 771 g/mol. The minimum atomic E-state index is -1.18. The largest absolute Gasteiger partial charge is 0.480 e. The number of carboxylic acids is 2. The molecule has 0 saturated carbocycles. The molecule has 0 radical (unpaired) electrons. The lowest BCUT2D eigenvalue weighted by Gasteiger charge is -2.20. The van der Waals surface area contributed by atoms with Crippen LogP contribution in [0.15, 0.2) is 24.3 Å². The summed E-state index contributed by atoms with van der Waals surface area (Å²) in [7, 11) is 0. The zero-order chi connectivity index (χ0) is 40.6. The molecule has 0 aromatic rings. The van der Waals surface area contributed by atoms with Crippen molar-refractivity contribution in [3.8, 4) is 0 Å². The molecule has 1 amide bonds. The highest BCUT2D eigenvalue weighted by Crippen LogP contribution is 2.12. The van der Waals surface area contributed by atoms with Crippen LogP contribution in [0.5, 0.6) is 0 Å². The Morgan fingerprint density at radius 1 is 0.509 bits per heavy atom. The maximum absolute atomic E-state index is 11.7. The van der Waals surface area contributed by atoms with Gasteiger partial charge in [-0.3, -0.25) is 14.4 Å². The van der Waals surface area contributed by atoms with Gasteiger partial charge in [-0.05, 0) is 104 Å². The molecule has 0 saturated heterocycles. The quantitative estimate of drug-likeness (QED) is 0.0295. The normalized spacial score (nSPS) is 11.5. The van der Waals surface area contributed by atoms with Crippen LogP contribution < -0.4 is 11.1 Å². The first-order chi connectivity index (χ1) is 25.1. The van der Waals surface area contributed by atoms with Crippen molar-refractivity contribution in [3.05, 3.63) is 24.3 Å². The zero-order valence-corrected chi connectivity index (χ0v) is 35.8. The van der Waals surface area contributed by atoms with Gasteiger partial charge in [-0.1, -0.05) is 141 Å². The maximum atomic E-state index is 11.7. The van der Waals surface area contributed by atoms with Gasteiger partial charge in [0, 0.05) is 12.8 Å². The second kappa shape index (κ2) is 39.5. The average molecular weight is 772 g/mol. The molecule has 0 bridgehead atoms. The lowest BCUT2D eigenvalue weighted by atomic mass is 10.0. The standard InChI is InChI=1S/C22H41NO3.C18H33ClO.C4H9NO2/c1-4-5-6-7-8-9-10-11-12-13-14-15-16-17-18-19-20(24)23-22(2,3)21(25)26;1-2-3-4-5-6-7-8-9-10-11-12-13-14-15-16-17-18(19)20;1-4(2,5)3(6)7/h11-12H,4-10,13-19H2,1-3H3,(H,23,24)(H,25,26);9-10H,2-8,11-17H2,1H3;5H2,1-2H3,(H,6,7)/b12-11-;10-9-;. The number of unbranched alkanes of at least 4 members (excludes halogenated alkanes) is 22. The summed E-state index contributed by atoms with van der Waals surface area (Å²) in [5.74, 6) is -2.15. The fraction of sp³-hybridized carbons (Fsp3) is 0.818. The van der Waals surface area contributed by atoms with Crippen molar-refractivity contribution in [1.29, 1.82) is 0 Å². The van der Waals surface area contributed by atoms with Crippen molar-refractivity contribution in [2.24, 2.45) is 5.73 Å². The predicted molar refractivity (Wildman–Crippen MR) is 226 cm³/mol. The number of nitrogens with two attached hydrogens (primary N) is 1. The van der Waals surface area contributed by atoms with Gasteiger partial charge in [0.15, 0.2) is 0 Å². The number of halogens is 1. The van der Waals surface area contributed by atoms with Gasteiger partial charge in [-0.25, -0.2) is 4.79 Å². The zero-order valence-electron chi connectivity index (χ0n) is 35.1. The number of allylic oxidation sites excluding steroid dienone is 4. The number of carbonyl (C=O) groups excluding carboxylic acids is 2. The van der Waals surface area contributed by atoms with Crippen LogP contribution in [0.3, 0.4) is 0 Å². The summed E-state index contributed by atoms with van der Waals surface area (Å²) in [5, 5.41) is 19.5. The van der Waals surface area contributed by atoms with Gasteiger partial charge in [0.05, 0.1) is 0 Å². The molecule has 0 spiro atoms. The topological polar surface area (TPSA) is 147 Å². The predicted octanol–water partition coefficient (Wildman–Crippen LogP) is 12.6. The number of amides is 1. The van der Waals surface area contributed by atoms with Crippen LogP contribution in [0.4, 0.5) is 0 Å². The first kappa shape index (κ1) is 55.1. The van der Waals surface area contributed by atoms with E-state index in [0.29, 0.717) is 12.8 Å². The molecule has 0 rings (SSSR count). The molecular formula is C44H83ClN2O6. The second-order valence-electron chi connectivity index (χ2n) is 15.5. The van der Waals surface area contributed by atoms with E-state index in [4.69, 9.17) is 27.5 Å². The van der Waals surface area contributed by atoms with Crippen LogP contribution in [0.2, 0.25) is 0 Å². The Hall–Kier alpha value is -2.19. The van der Waals surface area contributed by atoms with Crippen molar-refractivity contribution in [2.45, 2.75) is 232 Å². The van der Waals surface area contributed by atoms with Crippen molar-refractivity contribution in [3.63, 3.8) is 0 Å². The first-order valence-electron chi connectivity index (χ1n) is 21.2. The van der Waals surface area contributed by atoms with E-state index in [1.807, 2.05) is 0 Å². The van der Waals surface area contributed by atoms with Gasteiger partial charge in [-0.2, -0.15) is 0 Å². The highest BCUT2D eigenvalue weighted by atomic mass is 35.5. The van der Waals surface area contributed by atoms with Crippen molar-refractivity contribution >= 4 is 34.7 Å². The Morgan fingerprint density at radius 3 is 1.08 bits per heavy atom. The summed E-state index contributed by atoms with van der Waals surface area (Å²) in [5.41, 5.74) is 2.81. The Bertz CT molecular complexity index is 943. The Kier molecular flexibility index (Phi) is 41.1. The number of carbonyl (C=O) groups is 4. The maximum Gasteiger partial charge on any atom is 0.328 e. The molecule has 0 aliphatic carbocycles. The van der Waals surface area contributed by atoms with E-state index < -0.39 is 23.0 Å². The van der Waals surface area contributed by atoms with Gasteiger partial charge in [0.2, 0.25) is 11.1 Å². The van der Waals surface area contributed by atoms with E-state index in [1.165, 1.54) is 156 Å². The summed E-state index contributed by atoms with van der Waals surface area (Å²) in [6.45, 7) is 10.4. The Balaban J connectivity index is -0.000000816. The second-order valence-corrected chi connectivity index (χ2v) is 16.0. The van der Waals surface area contributed by atoms with E-state index in [0.717, 1.165) is 38.5 Å². The van der Waals surface area contributed by atoms with E-state index >= 15 is 0 Å². The molecular weight excluding hydrogens is 688 g/mol. The molecule has 0 aromatic heterocycles. The smallest absolute Gasteiger partial charge is 0.328 e. The summed E-state index contributed by atoms with van der Waals surface area (Å²) in [6, 6.07) is 0. The van der Waals surface area contributed by atoms with Crippen LogP contribution in [0.1, 0.15) is 221 Å². The number of aliphatic carboxylic acids is 2. The van der Waals surface area contributed by atoms with Crippen molar-refractivity contribution in [1.82, 2.24) is 5.32 Å². The third-order valence-electron chi connectivity index (χ3n) is 8.84. The summed E-state index contributed by atoms with van der Waals surface area (Å²) >= 11 is 5.29. The molecule has 0 atom stereocenters. The van der Waals surface area contributed by atoms with Crippen LogP contribution >= 0.6 is 11.6 Å². The lowest BCUT2D eigenvalue weighted by molar-refractivity contribution is -0.146. The number of nitrogens with one attached hydrogen (secondary N) is 1. The van der Waals surface area contributed by atoms with Gasteiger partial charge in [0.1, 0.15) is 11.1 Å².